The van der Waals surface area contributed by atoms with Crippen LogP contribution in [0, 0.1) is 5.82 Å². The van der Waals surface area contributed by atoms with Crippen molar-refractivity contribution in [2.75, 3.05) is 6.26 Å². The van der Waals surface area contributed by atoms with Gasteiger partial charge in [0.2, 0.25) is 5.82 Å². The lowest BCUT2D eigenvalue weighted by Gasteiger charge is -2.37. The maximum atomic E-state index is 13.6. The van der Waals surface area contributed by atoms with Crippen LogP contribution in [0.2, 0.25) is 0 Å². The third-order valence-electron chi connectivity index (χ3n) is 5.70. The van der Waals surface area contributed by atoms with E-state index in [1.165, 1.54) is 12.1 Å². The summed E-state index contributed by atoms with van der Waals surface area (Å²) >= 11 is 7.35. The molecule has 1 atom stereocenters. The molecule has 0 fully saturated rings. The van der Waals surface area contributed by atoms with Crippen molar-refractivity contribution < 1.29 is 13.3 Å². The Morgan fingerprint density at radius 1 is 1.12 bits per heavy atom. The molecule has 0 aliphatic carbocycles. The van der Waals surface area contributed by atoms with Gasteiger partial charge in [-0.15, -0.1) is 11.8 Å². The van der Waals surface area contributed by atoms with Gasteiger partial charge in [0.15, 0.2) is 5.11 Å². The standard InChI is InChI=1S/C25H21FN4O2S2/c1-15-21(24-28-23(29-32-24)17-7-11-20(34-2)12-8-17)22(16-5-9-18(26)10-6-16)27-25(33)30(15)14-19-4-3-13-31-19/h3-13,22H,14H2,1-2H3,(H,27,33). The zero-order valence-corrected chi connectivity index (χ0v) is 20.1. The lowest BCUT2D eigenvalue weighted by molar-refractivity contribution is 0.382. The molecule has 2 aromatic heterocycles. The average molecular weight is 493 g/mol. The minimum atomic E-state index is -0.381. The summed E-state index contributed by atoms with van der Waals surface area (Å²) in [5.41, 5.74) is 3.31. The van der Waals surface area contributed by atoms with Gasteiger partial charge in [0.1, 0.15) is 11.6 Å². The van der Waals surface area contributed by atoms with Crippen molar-refractivity contribution in [1.29, 1.82) is 0 Å². The van der Waals surface area contributed by atoms with E-state index in [0.29, 0.717) is 23.4 Å². The van der Waals surface area contributed by atoms with Gasteiger partial charge in [-0.25, -0.2) is 4.39 Å². The number of allylic oxidation sites excluding steroid dienone is 1. The first-order chi connectivity index (χ1) is 16.5. The number of thioether (sulfide) groups is 1. The Kier molecular flexibility index (Phi) is 6.21. The van der Waals surface area contributed by atoms with Gasteiger partial charge < -0.3 is 19.2 Å². The smallest absolute Gasteiger partial charge is 0.258 e. The molecule has 1 N–H and O–H groups in total. The first-order valence-corrected chi connectivity index (χ1v) is 12.2. The molecular weight excluding hydrogens is 471 g/mol. The fourth-order valence-corrected chi connectivity index (χ4v) is 4.63. The van der Waals surface area contributed by atoms with E-state index in [0.717, 1.165) is 33.1 Å². The van der Waals surface area contributed by atoms with E-state index >= 15 is 0 Å². The van der Waals surface area contributed by atoms with Crippen molar-refractivity contribution in [1.82, 2.24) is 20.4 Å². The third kappa shape index (κ3) is 4.36. The molecule has 2 aromatic carbocycles. The molecule has 0 bridgehead atoms. The van der Waals surface area contributed by atoms with E-state index in [4.69, 9.17) is 26.1 Å². The van der Waals surface area contributed by atoms with Crippen molar-refractivity contribution in [3.05, 3.63) is 95.7 Å². The second kappa shape index (κ2) is 9.44. The van der Waals surface area contributed by atoms with Crippen molar-refractivity contribution in [3.8, 4) is 11.4 Å². The molecule has 6 nitrogen and oxygen atoms in total. The predicted molar refractivity (Wildman–Crippen MR) is 133 cm³/mol. The lowest BCUT2D eigenvalue weighted by Crippen LogP contribution is -2.45. The Morgan fingerprint density at radius 2 is 1.88 bits per heavy atom. The molecular formula is C25H21FN4O2S2. The largest absolute Gasteiger partial charge is 0.467 e. The summed E-state index contributed by atoms with van der Waals surface area (Å²) < 4.78 is 24.9. The topological polar surface area (TPSA) is 67.3 Å². The zero-order chi connectivity index (χ0) is 23.7. The molecule has 4 aromatic rings. The fraction of sp³-hybridized carbons (Fsp3) is 0.160. The van der Waals surface area contributed by atoms with Crippen LogP contribution < -0.4 is 5.32 Å². The van der Waals surface area contributed by atoms with Gasteiger partial charge in [0.05, 0.1) is 24.4 Å². The van der Waals surface area contributed by atoms with Crippen LogP contribution in [-0.4, -0.2) is 26.4 Å². The van der Waals surface area contributed by atoms with Gasteiger partial charge in [-0.3, -0.25) is 0 Å². The lowest BCUT2D eigenvalue weighted by atomic mass is 9.94. The Hall–Kier alpha value is -3.43. The van der Waals surface area contributed by atoms with Crippen LogP contribution in [0.1, 0.15) is 30.2 Å². The molecule has 34 heavy (non-hydrogen) atoms. The number of furan rings is 1. The first-order valence-electron chi connectivity index (χ1n) is 10.6. The number of hydrogen-bond donors (Lipinski definition) is 1. The number of aromatic nitrogens is 2. The summed E-state index contributed by atoms with van der Waals surface area (Å²) in [6.07, 6.45) is 3.66. The summed E-state index contributed by atoms with van der Waals surface area (Å²) in [5, 5.41) is 8.12. The fourth-order valence-electron chi connectivity index (χ4n) is 3.90. The van der Waals surface area contributed by atoms with E-state index in [1.807, 2.05) is 54.5 Å². The quantitative estimate of drug-likeness (QED) is 0.258. The van der Waals surface area contributed by atoms with Crippen LogP contribution in [0.3, 0.4) is 0 Å². The minimum absolute atomic E-state index is 0.308. The number of nitrogens with one attached hydrogen (secondary N) is 1. The maximum absolute atomic E-state index is 13.6. The van der Waals surface area contributed by atoms with Crippen molar-refractivity contribution in [2.45, 2.75) is 24.4 Å². The molecule has 1 unspecified atom stereocenters. The summed E-state index contributed by atoms with van der Waals surface area (Å²) in [7, 11) is 0. The molecule has 1 aliphatic rings. The van der Waals surface area contributed by atoms with E-state index < -0.39 is 0 Å². The Labute approximate surface area is 205 Å². The highest BCUT2D eigenvalue weighted by atomic mass is 32.2. The number of rotatable bonds is 6. The van der Waals surface area contributed by atoms with Gasteiger partial charge in [-0.1, -0.05) is 17.3 Å². The highest BCUT2D eigenvalue weighted by molar-refractivity contribution is 7.98. The predicted octanol–water partition coefficient (Wildman–Crippen LogP) is 6.05. The molecule has 0 saturated carbocycles. The van der Waals surface area contributed by atoms with E-state index in [-0.39, 0.29) is 11.9 Å². The summed E-state index contributed by atoms with van der Waals surface area (Å²) in [5.74, 6) is 1.32. The van der Waals surface area contributed by atoms with Crippen LogP contribution in [0.15, 0.2) is 86.5 Å². The minimum Gasteiger partial charge on any atom is -0.467 e. The van der Waals surface area contributed by atoms with Gasteiger partial charge in [0.25, 0.3) is 5.89 Å². The first kappa shape index (κ1) is 22.4. The number of hydrogen-bond acceptors (Lipinski definition) is 6. The van der Waals surface area contributed by atoms with Gasteiger partial charge >= 0.3 is 0 Å². The van der Waals surface area contributed by atoms with Crippen LogP contribution in [0.4, 0.5) is 4.39 Å². The van der Waals surface area contributed by atoms with Crippen LogP contribution >= 0.6 is 24.0 Å². The van der Waals surface area contributed by atoms with Gasteiger partial charge in [-0.05, 0) is 79.5 Å². The van der Waals surface area contributed by atoms with E-state index in [1.54, 1.807) is 30.2 Å². The Bertz CT molecular complexity index is 1330. The number of halogens is 1. The molecule has 0 saturated heterocycles. The number of benzene rings is 2. The number of nitrogens with zero attached hydrogens (tertiary/aromatic N) is 3. The van der Waals surface area contributed by atoms with Gasteiger partial charge in [-0.2, -0.15) is 4.98 Å². The molecule has 5 rings (SSSR count). The molecule has 0 radical (unpaired) electrons. The SMILES string of the molecule is CSc1ccc(-c2noc(C3=C(C)N(Cc4ccco4)C(=S)NC3c3ccc(F)cc3)n2)cc1. The summed E-state index contributed by atoms with van der Waals surface area (Å²) in [4.78, 5) is 7.79. The highest BCUT2D eigenvalue weighted by Gasteiger charge is 2.34. The molecule has 0 amide bonds. The molecule has 3 heterocycles. The van der Waals surface area contributed by atoms with Crippen LogP contribution in [0.5, 0.6) is 0 Å². The monoisotopic (exact) mass is 492 g/mol. The van der Waals surface area contributed by atoms with Gasteiger partial charge in [0, 0.05) is 16.2 Å². The second-order valence-corrected chi connectivity index (χ2v) is 9.02. The second-order valence-electron chi connectivity index (χ2n) is 7.75. The van der Waals surface area contributed by atoms with Crippen molar-refractivity contribution in [2.24, 2.45) is 0 Å². The van der Waals surface area contributed by atoms with E-state index in [2.05, 4.69) is 10.5 Å². The molecule has 1 aliphatic heterocycles. The average Bonchev–Trinajstić information content (AvgIpc) is 3.54. The van der Waals surface area contributed by atoms with Crippen LogP contribution in [-0.2, 0) is 6.54 Å². The normalized spacial score (nSPS) is 16.1. The Balaban J connectivity index is 1.58. The van der Waals surface area contributed by atoms with Crippen molar-refractivity contribution >= 4 is 34.7 Å². The third-order valence-corrected chi connectivity index (χ3v) is 6.78. The highest BCUT2D eigenvalue weighted by Crippen LogP contribution is 2.38. The van der Waals surface area contributed by atoms with Crippen molar-refractivity contribution in [3.63, 3.8) is 0 Å². The van der Waals surface area contributed by atoms with Crippen LogP contribution in [0.25, 0.3) is 17.0 Å². The zero-order valence-electron chi connectivity index (χ0n) is 18.5. The molecule has 0 spiro atoms. The Morgan fingerprint density at radius 3 is 2.56 bits per heavy atom. The summed E-state index contributed by atoms with van der Waals surface area (Å²) in [6.45, 7) is 2.40. The van der Waals surface area contributed by atoms with E-state index in [9.17, 15) is 4.39 Å². The summed E-state index contributed by atoms with van der Waals surface area (Å²) in [6, 6.07) is 17.6. The number of thiocarbonyl (C=S) groups is 1. The maximum Gasteiger partial charge on any atom is 0.258 e. The molecule has 9 heteroatoms. The molecule has 172 valence electrons.